The Morgan fingerprint density at radius 2 is 2.24 bits per heavy atom. The lowest BCUT2D eigenvalue weighted by Crippen LogP contribution is -2.11. The molecule has 1 heterocycles. The molecule has 0 atom stereocenters. The van der Waals surface area contributed by atoms with E-state index in [0.717, 1.165) is 0 Å². The summed E-state index contributed by atoms with van der Waals surface area (Å²) in [7, 11) is 0. The van der Waals surface area contributed by atoms with Gasteiger partial charge in [-0.3, -0.25) is 4.79 Å². The van der Waals surface area contributed by atoms with Crippen molar-refractivity contribution in [2.24, 2.45) is 0 Å². The van der Waals surface area contributed by atoms with Crippen LogP contribution in [0, 0.1) is 10.6 Å². The van der Waals surface area contributed by atoms with Gasteiger partial charge in [-0.25, -0.2) is 13.8 Å². The van der Waals surface area contributed by atoms with E-state index >= 15 is 0 Å². The van der Waals surface area contributed by atoms with Crippen LogP contribution in [0.4, 0.5) is 8.78 Å². The van der Waals surface area contributed by atoms with Crippen molar-refractivity contribution < 1.29 is 18.3 Å². The minimum atomic E-state index is -2.59. The molecule has 3 nitrogen and oxygen atoms in total. The van der Waals surface area contributed by atoms with E-state index in [1.165, 1.54) is 6.20 Å². The molecule has 0 bridgehead atoms. The summed E-state index contributed by atoms with van der Waals surface area (Å²) >= 11 is 1.76. The first kappa shape index (κ1) is 14.3. The number of hydrogen-bond donors (Lipinski definition) is 0. The first-order valence-corrected chi connectivity index (χ1v) is 6.12. The van der Waals surface area contributed by atoms with E-state index in [-0.39, 0.29) is 22.3 Å². The zero-order chi connectivity index (χ0) is 13.0. The van der Waals surface area contributed by atoms with Crippen molar-refractivity contribution in [3.8, 4) is 0 Å². The second-order valence-electron chi connectivity index (χ2n) is 3.40. The van der Waals surface area contributed by atoms with Gasteiger partial charge in [-0.05, 0) is 47.6 Å². The predicted molar refractivity (Wildman–Crippen MR) is 67.0 cm³/mol. The number of halogens is 3. The normalized spacial score (nSPS) is 10.7. The van der Waals surface area contributed by atoms with Crippen LogP contribution in [0.3, 0.4) is 0 Å². The lowest BCUT2D eigenvalue weighted by molar-refractivity contribution is -0.142. The molecule has 1 aromatic rings. The summed E-state index contributed by atoms with van der Waals surface area (Å²) < 4.78 is 30.6. The molecular formula is C11H12F2INO2. The van der Waals surface area contributed by atoms with Crippen molar-refractivity contribution in [2.75, 3.05) is 6.61 Å². The highest BCUT2D eigenvalue weighted by Crippen LogP contribution is 2.28. The number of rotatable bonds is 4. The Labute approximate surface area is 112 Å². The third-order valence-corrected chi connectivity index (χ3v) is 3.16. The van der Waals surface area contributed by atoms with Gasteiger partial charge in [0.15, 0.2) is 0 Å². The molecule has 0 unspecified atom stereocenters. The standard InChI is InChI=1S/C11H12F2INO2/c1-3-17-8(16)4-7-5-15-11(14)9(6(7)2)10(12)13/h5,10H,3-4H2,1-2H3. The van der Waals surface area contributed by atoms with Gasteiger partial charge in [0.05, 0.1) is 18.6 Å². The summed E-state index contributed by atoms with van der Waals surface area (Å²) in [5.74, 6) is -0.432. The highest BCUT2D eigenvalue weighted by Gasteiger charge is 2.19. The van der Waals surface area contributed by atoms with E-state index in [1.807, 2.05) is 0 Å². The number of alkyl halides is 2. The first-order chi connectivity index (χ1) is 7.97. The Morgan fingerprint density at radius 1 is 1.59 bits per heavy atom. The van der Waals surface area contributed by atoms with E-state index in [1.54, 1.807) is 36.4 Å². The van der Waals surface area contributed by atoms with Crippen molar-refractivity contribution in [1.29, 1.82) is 0 Å². The summed E-state index contributed by atoms with van der Waals surface area (Å²) in [6.07, 6.45) is -1.17. The molecule has 94 valence electrons. The van der Waals surface area contributed by atoms with Gasteiger partial charge in [-0.2, -0.15) is 0 Å². The molecule has 1 rings (SSSR count). The van der Waals surface area contributed by atoms with Crippen LogP contribution in [0.5, 0.6) is 0 Å². The van der Waals surface area contributed by atoms with Crippen molar-refractivity contribution in [3.63, 3.8) is 0 Å². The molecule has 17 heavy (non-hydrogen) atoms. The summed E-state index contributed by atoms with van der Waals surface area (Å²) in [4.78, 5) is 15.2. The zero-order valence-corrected chi connectivity index (χ0v) is 11.6. The van der Waals surface area contributed by atoms with Gasteiger partial charge in [0.1, 0.15) is 3.70 Å². The van der Waals surface area contributed by atoms with Gasteiger partial charge in [0.25, 0.3) is 6.43 Å². The molecule has 0 spiro atoms. The lowest BCUT2D eigenvalue weighted by Gasteiger charge is -2.11. The molecule has 0 aliphatic heterocycles. The predicted octanol–water partition coefficient (Wildman–Crippen LogP) is 3.04. The molecule has 0 aliphatic carbocycles. The van der Waals surface area contributed by atoms with Gasteiger partial charge in [-0.15, -0.1) is 0 Å². The van der Waals surface area contributed by atoms with Gasteiger partial charge >= 0.3 is 5.97 Å². The van der Waals surface area contributed by atoms with Gasteiger partial charge in [0.2, 0.25) is 0 Å². The first-order valence-electron chi connectivity index (χ1n) is 5.05. The van der Waals surface area contributed by atoms with E-state index < -0.39 is 12.4 Å². The highest BCUT2D eigenvalue weighted by atomic mass is 127. The van der Waals surface area contributed by atoms with Crippen LogP contribution in [0.2, 0.25) is 0 Å². The number of ether oxygens (including phenoxy) is 1. The maximum atomic E-state index is 12.8. The highest BCUT2D eigenvalue weighted by molar-refractivity contribution is 14.1. The number of hydrogen-bond acceptors (Lipinski definition) is 3. The topological polar surface area (TPSA) is 39.2 Å². The fourth-order valence-corrected chi connectivity index (χ4v) is 2.21. The molecule has 0 N–H and O–H groups in total. The molecule has 0 aromatic carbocycles. The largest absolute Gasteiger partial charge is 0.466 e. The van der Waals surface area contributed by atoms with Crippen LogP contribution < -0.4 is 0 Å². The summed E-state index contributed by atoms with van der Waals surface area (Å²) in [6, 6.07) is 0. The van der Waals surface area contributed by atoms with Gasteiger partial charge in [0, 0.05) is 6.20 Å². The minimum absolute atomic E-state index is 0.0245. The number of pyridine rings is 1. The maximum Gasteiger partial charge on any atom is 0.310 e. The maximum absolute atomic E-state index is 12.8. The smallest absolute Gasteiger partial charge is 0.310 e. The van der Waals surface area contributed by atoms with Crippen LogP contribution in [0.25, 0.3) is 0 Å². The van der Waals surface area contributed by atoms with E-state index in [4.69, 9.17) is 4.74 Å². The fourth-order valence-electron chi connectivity index (χ4n) is 1.43. The van der Waals surface area contributed by atoms with Crippen molar-refractivity contribution in [1.82, 2.24) is 4.98 Å². The number of carbonyl (C=O) groups is 1. The second-order valence-corrected chi connectivity index (χ2v) is 4.42. The van der Waals surface area contributed by atoms with Crippen molar-refractivity contribution >= 4 is 28.6 Å². The zero-order valence-electron chi connectivity index (χ0n) is 9.47. The van der Waals surface area contributed by atoms with Crippen LogP contribution in [0.1, 0.15) is 30.0 Å². The average Bonchev–Trinajstić information content (AvgIpc) is 2.22. The lowest BCUT2D eigenvalue weighted by atomic mass is 10.0. The average molecular weight is 355 g/mol. The number of carbonyl (C=O) groups excluding carboxylic acids is 1. The third-order valence-electron chi connectivity index (χ3n) is 2.30. The number of nitrogens with zero attached hydrogens (tertiary/aromatic N) is 1. The monoisotopic (exact) mass is 355 g/mol. The summed E-state index contributed by atoms with van der Waals surface area (Å²) in [5.41, 5.74) is 0.791. The Kier molecular flexibility index (Phi) is 5.23. The summed E-state index contributed by atoms with van der Waals surface area (Å²) in [6.45, 7) is 3.54. The SMILES string of the molecule is CCOC(=O)Cc1cnc(I)c(C(F)F)c1C. The van der Waals surface area contributed by atoms with Crippen LogP contribution in [0.15, 0.2) is 6.20 Å². The molecule has 0 saturated heterocycles. The quantitative estimate of drug-likeness (QED) is 0.474. The van der Waals surface area contributed by atoms with Crippen molar-refractivity contribution in [2.45, 2.75) is 26.7 Å². The molecule has 0 amide bonds. The second kappa shape index (κ2) is 6.23. The van der Waals surface area contributed by atoms with Crippen LogP contribution >= 0.6 is 22.6 Å². The van der Waals surface area contributed by atoms with E-state index in [2.05, 4.69) is 4.98 Å². The number of aromatic nitrogens is 1. The van der Waals surface area contributed by atoms with Gasteiger partial charge < -0.3 is 4.74 Å². The fraction of sp³-hybridized carbons (Fsp3) is 0.455. The molecule has 0 fully saturated rings. The Balaban J connectivity index is 3.02. The van der Waals surface area contributed by atoms with Crippen molar-refractivity contribution in [3.05, 3.63) is 26.6 Å². The summed E-state index contributed by atoms with van der Waals surface area (Å²) in [5, 5.41) is 0. The van der Waals surface area contributed by atoms with Gasteiger partial charge in [-0.1, -0.05) is 0 Å². The molecule has 0 aliphatic rings. The van der Waals surface area contributed by atoms with Crippen LogP contribution in [-0.2, 0) is 16.0 Å². The third kappa shape index (κ3) is 3.58. The van der Waals surface area contributed by atoms with E-state index in [9.17, 15) is 13.6 Å². The Bertz CT molecular complexity index is 424. The number of esters is 1. The molecule has 0 radical (unpaired) electrons. The minimum Gasteiger partial charge on any atom is -0.466 e. The Morgan fingerprint density at radius 3 is 2.76 bits per heavy atom. The molecule has 6 heteroatoms. The molecular weight excluding hydrogens is 343 g/mol. The van der Waals surface area contributed by atoms with Crippen LogP contribution in [-0.4, -0.2) is 17.6 Å². The molecule has 0 saturated carbocycles. The Hall–Kier alpha value is -0.790. The van der Waals surface area contributed by atoms with E-state index in [0.29, 0.717) is 11.1 Å². The molecule has 1 aromatic heterocycles.